The molecule has 24 heavy (non-hydrogen) atoms. The predicted octanol–water partition coefficient (Wildman–Crippen LogP) is 3.81. The minimum atomic E-state index is -0.0854. The molecule has 7 heteroatoms. The van der Waals surface area contributed by atoms with Crippen LogP contribution in [0.4, 0.5) is 5.69 Å². The number of benzene rings is 1. The average Bonchev–Trinajstić information content (AvgIpc) is 2.56. The van der Waals surface area contributed by atoms with E-state index in [0.29, 0.717) is 12.0 Å². The van der Waals surface area contributed by atoms with Crippen LogP contribution in [-0.4, -0.2) is 31.5 Å². The number of carbonyl (C=O) groups excluding carboxylic acids is 1. The van der Waals surface area contributed by atoms with E-state index >= 15 is 0 Å². The number of aliphatic imine (C=N–C) groups is 1. The van der Waals surface area contributed by atoms with E-state index in [1.807, 2.05) is 25.1 Å². The number of amides is 1. The van der Waals surface area contributed by atoms with E-state index in [4.69, 9.17) is 0 Å². The van der Waals surface area contributed by atoms with Crippen LogP contribution in [0, 0.1) is 6.92 Å². The van der Waals surface area contributed by atoms with Gasteiger partial charge in [0.2, 0.25) is 5.91 Å². The summed E-state index contributed by atoms with van der Waals surface area (Å²) in [5.74, 6) is 0.607. The van der Waals surface area contributed by atoms with Crippen LogP contribution in [0.5, 0.6) is 0 Å². The van der Waals surface area contributed by atoms with E-state index in [0.717, 1.165) is 15.7 Å². The fourth-order valence-corrected chi connectivity index (χ4v) is 3.08. The Morgan fingerprint density at radius 1 is 1.29 bits per heavy atom. The molecule has 3 N–H and O–H groups in total. The Balaban J connectivity index is 0.00000288. The Hall–Kier alpha value is -0.830. The van der Waals surface area contributed by atoms with Crippen LogP contribution in [0.1, 0.15) is 37.7 Å². The highest BCUT2D eigenvalue weighted by molar-refractivity contribution is 14.0. The van der Waals surface area contributed by atoms with Gasteiger partial charge in [0.15, 0.2) is 5.96 Å². The molecule has 0 unspecified atom stereocenters. The lowest BCUT2D eigenvalue weighted by atomic mass is 9.96. The van der Waals surface area contributed by atoms with Crippen molar-refractivity contribution < 1.29 is 4.79 Å². The Morgan fingerprint density at radius 3 is 2.67 bits per heavy atom. The number of carbonyl (C=O) groups is 1. The summed E-state index contributed by atoms with van der Waals surface area (Å²) in [6, 6.07) is 6.29. The standard InChI is InChI=1S/C17H25BrN4O.HI/c1-12-8-9-13(18)10-15(12)22-16(23)11-20-17(19-2)21-14-6-4-3-5-7-14;/h8-10,14H,3-7,11H2,1-2H3,(H,22,23)(H2,19,20,21);1H. The van der Waals surface area contributed by atoms with E-state index in [2.05, 4.69) is 36.9 Å². The maximum Gasteiger partial charge on any atom is 0.243 e. The monoisotopic (exact) mass is 508 g/mol. The third-order valence-corrected chi connectivity index (χ3v) is 4.55. The van der Waals surface area contributed by atoms with Crippen molar-refractivity contribution in [1.82, 2.24) is 10.6 Å². The molecule has 1 saturated carbocycles. The fourth-order valence-electron chi connectivity index (χ4n) is 2.72. The third kappa shape index (κ3) is 6.96. The van der Waals surface area contributed by atoms with Gasteiger partial charge in [-0.25, -0.2) is 0 Å². The van der Waals surface area contributed by atoms with Gasteiger partial charge in [0, 0.05) is 23.2 Å². The van der Waals surface area contributed by atoms with Crippen molar-refractivity contribution in [3.8, 4) is 0 Å². The quantitative estimate of drug-likeness (QED) is 0.329. The maximum atomic E-state index is 12.1. The molecule has 1 aromatic rings. The van der Waals surface area contributed by atoms with Crippen molar-refractivity contribution in [1.29, 1.82) is 0 Å². The van der Waals surface area contributed by atoms with Gasteiger partial charge >= 0.3 is 0 Å². The molecule has 0 aliphatic heterocycles. The summed E-state index contributed by atoms with van der Waals surface area (Å²) in [4.78, 5) is 16.3. The molecule has 1 fully saturated rings. The molecule has 0 spiro atoms. The molecule has 1 aliphatic carbocycles. The summed E-state index contributed by atoms with van der Waals surface area (Å²) in [6.07, 6.45) is 6.18. The molecular weight excluding hydrogens is 483 g/mol. The van der Waals surface area contributed by atoms with Gasteiger partial charge in [0.1, 0.15) is 0 Å². The zero-order chi connectivity index (χ0) is 16.7. The highest BCUT2D eigenvalue weighted by atomic mass is 127. The third-order valence-electron chi connectivity index (χ3n) is 4.06. The van der Waals surface area contributed by atoms with Crippen molar-refractivity contribution in [2.75, 3.05) is 18.9 Å². The van der Waals surface area contributed by atoms with Gasteiger partial charge in [-0.15, -0.1) is 24.0 Å². The summed E-state index contributed by atoms with van der Waals surface area (Å²) in [5, 5.41) is 9.40. The smallest absolute Gasteiger partial charge is 0.243 e. The van der Waals surface area contributed by atoms with Gasteiger partial charge < -0.3 is 16.0 Å². The van der Waals surface area contributed by atoms with E-state index in [1.54, 1.807) is 7.05 Å². The molecule has 0 aromatic heterocycles. The lowest BCUT2D eigenvalue weighted by Gasteiger charge is -2.24. The van der Waals surface area contributed by atoms with Gasteiger partial charge in [-0.2, -0.15) is 0 Å². The number of nitrogens with one attached hydrogen (secondary N) is 3. The van der Waals surface area contributed by atoms with Gasteiger partial charge in [0.25, 0.3) is 0 Å². The summed E-state index contributed by atoms with van der Waals surface area (Å²) in [5.41, 5.74) is 1.85. The Morgan fingerprint density at radius 2 is 2.00 bits per heavy atom. The lowest BCUT2D eigenvalue weighted by molar-refractivity contribution is -0.115. The van der Waals surface area contributed by atoms with E-state index < -0.39 is 0 Å². The van der Waals surface area contributed by atoms with Crippen molar-refractivity contribution >= 4 is 57.5 Å². The van der Waals surface area contributed by atoms with Crippen molar-refractivity contribution in [3.63, 3.8) is 0 Å². The van der Waals surface area contributed by atoms with Crippen molar-refractivity contribution in [2.45, 2.75) is 45.1 Å². The number of halogens is 2. The number of nitrogens with zero attached hydrogens (tertiary/aromatic N) is 1. The van der Waals surface area contributed by atoms with E-state index in [1.165, 1.54) is 32.1 Å². The second kappa shape index (κ2) is 10.9. The first kappa shape index (κ1) is 21.2. The maximum absolute atomic E-state index is 12.1. The van der Waals surface area contributed by atoms with Crippen molar-refractivity contribution in [2.24, 2.45) is 4.99 Å². The SMILES string of the molecule is CN=C(NCC(=O)Nc1cc(Br)ccc1C)NC1CCCCC1.I. The number of aryl methyl sites for hydroxylation is 1. The Bertz CT molecular complexity index is 574. The van der Waals surface area contributed by atoms with Crippen LogP contribution in [0.2, 0.25) is 0 Å². The molecule has 0 saturated heterocycles. The first-order chi connectivity index (χ1) is 11.1. The highest BCUT2D eigenvalue weighted by Crippen LogP contribution is 2.20. The van der Waals surface area contributed by atoms with Gasteiger partial charge in [-0.1, -0.05) is 41.3 Å². The minimum absolute atomic E-state index is 0. The molecule has 0 radical (unpaired) electrons. The molecule has 5 nitrogen and oxygen atoms in total. The zero-order valence-electron chi connectivity index (χ0n) is 14.2. The van der Waals surface area contributed by atoms with Crippen molar-refractivity contribution in [3.05, 3.63) is 28.2 Å². The summed E-state index contributed by atoms with van der Waals surface area (Å²) < 4.78 is 0.945. The minimum Gasteiger partial charge on any atom is -0.354 e. The predicted molar refractivity (Wildman–Crippen MR) is 114 cm³/mol. The Kier molecular flexibility index (Phi) is 9.65. The molecular formula is C17H26BrIN4O. The van der Waals surface area contributed by atoms with Gasteiger partial charge in [0.05, 0.1) is 6.54 Å². The van der Waals surface area contributed by atoms with E-state index in [-0.39, 0.29) is 36.4 Å². The van der Waals surface area contributed by atoms with Crippen LogP contribution in [0.3, 0.4) is 0 Å². The topological polar surface area (TPSA) is 65.5 Å². The lowest BCUT2D eigenvalue weighted by Crippen LogP contribution is -2.46. The molecule has 1 aromatic carbocycles. The molecule has 0 atom stereocenters. The van der Waals surface area contributed by atoms with Crippen LogP contribution >= 0.6 is 39.9 Å². The summed E-state index contributed by atoms with van der Waals surface area (Å²) >= 11 is 3.42. The normalized spacial score (nSPS) is 15.4. The summed E-state index contributed by atoms with van der Waals surface area (Å²) in [6.45, 7) is 2.16. The number of hydrogen-bond donors (Lipinski definition) is 3. The van der Waals surface area contributed by atoms with Crippen LogP contribution in [0.15, 0.2) is 27.7 Å². The molecule has 0 bridgehead atoms. The molecule has 0 heterocycles. The van der Waals surface area contributed by atoms with Gasteiger partial charge in [-0.3, -0.25) is 9.79 Å². The molecule has 2 rings (SSSR count). The molecule has 1 aliphatic rings. The average molecular weight is 509 g/mol. The molecule has 134 valence electrons. The number of guanidine groups is 1. The highest BCUT2D eigenvalue weighted by Gasteiger charge is 2.15. The molecule has 1 amide bonds. The second-order valence-corrected chi connectivity index (χ2v) is 6.83. The number of rotatable bonds is 4. The number of hydrogen-bond acceptors (Lipinski definition) is 2. The van der Waals surface area contributed by atoms with Crippen LogP contribution < -0.4 is 16.0 Å². The Labute approximate surface area is 169 Å². The largest absolute Gasteiger partial charge is 0.354 e. The van der Waals surface area contributed by atoms with Crippen LogP contribution in [-0.2, 0) is 4.79 Å². The first-order valence-corrected chi connectivity index (χ1v) is 8.91. The first-order valence-electron chi connectivity index (χ1n) is 8.11. The number of anilines is 1. The second-order valence-electron chi connectivity index (χ2n) is 5.91. The summed E-state index contributed by atoms with van der Waals surface area (Å²) in [7, 11) is 1.73. The fraction of sp³-hybridized carbons (Fsp3) is 0.529. The van der Waals surface area contributed by atoms with E-state index in [9.17, 15) is 4.79 Å². The van der Waals surface area contributed by atoms with Crippen LogP contribution in [0.25, 0.3) is 0 Å². The van der Waals surface area contributed by atoms with Gasteiger partial charge in [-0.05, 0) is 37.5 Å². The zero-order valence-corrected chi connectivity index (χ0v) is 18.1.